The summed E-state index contributed by atoms with van der Waals surface area (Å²) in [4.78, 5) is 11.8. The van der Waals surface area contributed by atoms with E-state index in [4.69, 9.17) is 4.74 Å². The maximum absolute atomic E-state index is 11.8. The van der Waals surface area contributed by atoms with Gasteiger partial charge in [-0.15, -0.1) is 6.58 Å². The van der Waals surface area contributed by atoms with Gasteiger partial charge in [0.2, 0.25) is 0 Å². The molecule has 0 aliphatic heterocycles. The molecule has 1 aromatic rings. The maximum Gasteiger partial charge on any atom is 0.306 e. The number of hydrogen-bond donors (Lipinski definition) is 0. The topological polar surface area (TPSA) is 26.3 Å². The lowest BCUT2D eigenvalue weighted by molar-refractivity contribution is -0.151. The van der Waals surface area contributed by atoms with Crippen molar-refractivity contribution in [3.05, 3.63) is 48.0 Å². The van der Waals surface area contributed by atoms with Gasteiger partial charge in [-0.2, -0.15) is 0 Å². The third-order valence-corrected chi connectivity index (χ3v) is 7.00. The lowest BCUT2D eigenvalue weighted by atomic mass is 9.69. The monoisotopic (exact) mass is 382 g/mol. The minimum atomic E-state index is -0.0474. The van der Waals surface area contributed by atoms with Crippen molar-refractivity contribution < 1.29 is 9.53 Å². The van der Waals surface area contributed by atoms with Gasteiger partial charge in [0.05, 0.1) is 0 Å². The van der Waals surface area contributed by atoms with Crippen LogP contribution >= 0.6 is 0 Å². The Labute approximate surface area is 171 Å². The first-order chi connectivity index (χ1) is 13.7. The highest BCUT2D eigenvalue weighted by atomic mass is 16.5. The fourth-order valence-corrected chi connectivity index (χ4v) is 5.31. The molecule has 2 heteroatoms. The normalized spacial score (nSPS) is 27.9. The van der Waals surface area contributed by atoms with Gasteiger partial charge in [0.25, 0.3) is 0 Å². The van der Waals surface area contributed by atoms with Crippen LogP contribution < -0.4 is 0 Å². The molecule has 154 valence electrons. The van der Waals surface area contributed by atoms with E-state index in [1.807, 2.05) is 0 Å². The number of hydrogen-bond acceptors (Lipinski definition) is 2. The van der Waals surface area contributed by atoms with Crippen molar-refractivity contribution in [1.29, 1.82) is 0 Å². The van der Waals surface area contributed by atoms with Gasteiger partial charge in [0.1, 0.15) is 6.10 Å². The van der Waals surface area contributed by atoms with E-state index < -0.39 is 0 Å². The predicted molar refractivity (Wildman–Crippen MR) is 116 cm³/mol. The van der Waals surface area contributed by atoms with Crippen molar-refractivity contribution in [3.63, 3.8) is 0 Å². The van der Waals surface area contributed by atoms with Crippen LogP contribution in [0.15, 0.2) is 36.9 Å². The Bertz CT molecular complexity index is 602. The zero-order valence-corrected chi connectivity index (χ0v) is 17.7. The van der Waals surface area contributed by atoms with Gasteiger partial charge in [-0.3, -0.25) is 4.79 Å². The number of esters is 1. The highest BCUT2D eigenvalue weighted by Crippen LogP contribution is 2.43. The molecule has 2 nitrogen and oxygen atoms in total. The van der Waals surface area contributed by atoms with Crippen LogP contribution in [0.2, 0.25) is 0 Å². The summed E-state index contributed by atoms with van der Waals surface area (Å²) in [5, 5.41) is 0. The third kappa shape index (κ3) is 5.96. The number of benzene rings is 1. The Kier molecular flexibility index (Phi) is 8.18. The molecule has 2 aliphatic rings. The van der Waals surface area contributed by atoms with Crippen molar-refractivity contribution in [3.8, 4) is 0 Å². The van der Waals surface area contributed by atoms with Crippen molar-refractivity contribution in [2.45, 2.75) is 96.0 Å². The Balaban J connectivity index is 1.39. The first kappa shape index (κ1) is 21.1. The molecule has 0 bridgehead atoms. The Morgan fingerprint density at radius 3 is 2.18 bits per heavy atom. The van der Waals surface area contributed by atoms with Crippen LogP contribution in [0.4, 0.5) is 0 Å². The van der Waals surface area contributed by atoms with Gasteiger partial charge in [-0.05, 0) is 93.1 Å². The SMILES string of the molecule is C=CCCC(=O)O[C@H]1CC[C@H]([C@H]2CC[C@H](c3ccc(CCC)cc3)CC2)CC1. The number of carbonyl (C=O) groups excluding carboxylic acids is 1. The summed E-state index contributed by atoms with van der Waals surface area (Å²) in [7, 11) is 0. The molecule has 0 aromatic heterocycles. The van der Waals surface area contributed by atoms with Gasteiger partial charge in [0.15, 0.2) is 0 Å². The van der Waals surface area contributed by atoms with Crippen LogP contribution in [-0.4, -0.2) is 12.1 Å². The van der Waals surface area contributed by atoms with Crippen molar-refractivity contribution >= 4 is 5.97 Å². The average molecular weight is 383 g/mol. The lowest BCUT2D eigenvalue weighted by Crippen LogP contribution is -2.29. The van der Waals surface area contributed by atoms with E-state index in [1.54, 1.807) is 11.6 Å². The molecule has 1 aromatic carbocycles. The van der Waals surface area contributed by atoms with Crippen LogP contribution in [0.25, 0.3) is 0 Å². The lowest BCUT2D eigenvalue weighted by Gasteiger charge is -2.37. The number of allylic oxidation sites excluding steroid dienone is 1. The fourth-order valence-electron chi connectivity index (χ4n) is 5.31. The molecule has 0 atom stereocenters. The van der Waals surface area contributed by atoms with Gasteiger partial charge >= 0.3 is 5.97 Å². The molecule has 0 amide bonds. The zero-order valence-electron chi connectivity index (χ0n) is 17.7. The quantitative estimate of drug-likeness (QED) is 0.358. The molecule has 3 rings (SSSR count). The Morgan fingerprint density at radius 2 is 1.61 bits per heavy atom. The summed E-state index contributed by atoms with van der Waals surface area (Å²) >= 11 is 0. The van der Waals surface area contributed by atoms with Crippen molar-refractivity contribution in [2.75, 3.05) is 0 Å². The van der Waals surface area contributed by atoms with Crippen LogP contribution in [0.5, 0.6) is 0 Å². The average Bonchev–Trinajstić information content (AvgIpc) is 2.74. The van der Waals surface area contributed by atoms with E-state index in [0.717, 1.165) is 37.0 Å². The molecule has 28 heavy (non-hydrogen) atoms. The summed E-state index contributed by atoms with van der Waals surface area (Å²) in [6.07, 6.45) is 15.6. The molecule has 0 unspecified atom stereocenters. The molecule has 0 heterocycles. The van der Waals surface area contributed by atoms with E-state index in [0.29, 0.717) is 6.42 Å². The summed E-state index contributed by atoms with van der Waals surface area (Å²) in [5.41, 5.74) is 3.02. The highest BCUT2D eigenvalue weighted by molar-refractivity contribution is 5.69. The van der Waals surface area contributed by atoms with Crippen LogP contribution in [-0.2, 0) is 16.0 Å². The van der Waals surface area contributed by atoms with Crippen LogP contribution in [0.3, 0.4) is 0 Å². The molecule has 0 radical (unpaired) electrons. The second-order valence-corrected chi connectivity index (χ2v) is 8.96. The minimum absolute atomic E-state index is 0.0474. The van der Waals surface area contributed by atoms with Crippen molar-refractivity contribution in [2.24, 2.45) is 11.8 Å². The molecule has 2 saturated carbocycles. The molecule has 0 spiro atoms. The van der Waals surface area contributed by atoms with Crippen molar-refractivity contribution in [1.82, 2.24) is 0 Å². The highest BCUT2D eigenvalue weighted by Gasteiger charge is 2.32. The Hall–Kier alpha value is -1.57. The molecular formula is C26H38O2. The van der Waals surface area contributed by atoms with Gasteiger partial charge in [-0.1, -0.05) is 43.7 Å². The van der Waals surface area contributed by atoms with Gasteiger partial charge in [-0.25, -0.2) is 0 Å². The smallest absolute Gasteiger partial charge is 0.306 e. The first-order valence-electron chi connectivity index (χ1n) is 11.6. The van der Waals surface area contributed by atoms with Crippen LogP contribution in [0.1, 0.15) is 94.6 Å². The van der Waals surface area contributed by atoms with E-state index in [2.05, 4.69) is 37.8 Å². The third-order valence-electron chi connectivity index (χ3n) is 7.00. The van der Waals surface area contributed by atoms with Gasteiger partial charge < -0.3 is 4.74 Å². The molecule has 2 fully saturated rings. The second kappa shape index (κ2) is 10.8. The Morgan fingerprint density at radius 1 is 1.00 bits per heavy atom. The number of aryl methyl sites for hydroxylation is 1. The summed E-state index contributed by atoms with van der Waals surface area (Å²) in [5.74, 6) is 2.44. The number of carbonyl (C=O) groups is 1. The van der Waals surface area contributed by atoms with E-state index >= 15 is 0 Å². The molecule has 2 aliphatic carbocycles. The summed E-state index contributed by atoms with van der Waals surface area (Å²) < 4.78 is 5.64. The summed E-state index contributed by atoms with van der Waals surface area (Å²) in [6.45, 7) is 5.91. The van der Waals surface area contributed by atoms with E-state index in [1.165, 1.54) is 56.9 Å². The molecular weight excluding hydrogens is 344 g/mol. The predicted octanol–water partition coefficient (Wildman–Crippen LogP) is 6.98. The second-order valence-electron chi connectivity index (χ2n) is 8.96. The van der Waals surface area contributed by atoms with Gasteiger partial charge in [0, 0.05) is 6.42 Å². The standard InChI is InChI=1S/C26H38O2/c1-3-5-7-26(27)28-25-18-16-24(17-19-25)23-14-12-22(13-15-23)21-10-8-20(6-4-2)9-11-21/h3,8-11,22-25H,1,4-7,12-19H2,2H3/t22-,23-,24-,25-. The minimum Gasteiger partial charge on any atom is -0.462 e. The maximum atomic E-state index is 11.8. The van der Waals surface area contributed by atoms with Crippen LogP contribution in [0, 0.1) is 11.8 Å². The largest absolute Gasteiger partial charge is 0.462 e. The number of ether oxygens (including phenoxy) is 1. The first-order valence-corrected chi connectivity index (χ1v) is 11.6. The number of rotatable bonds is 8. The fraction of sp³-hybridized carbons (Fsp3) is 0.654. The summed E-state index contributed by atoms with van der Waals surface area (Å²) in [6, 6.07) is 9.43. The molecule has 0 N–H and O–H groups in total. The van der Waals surface area contributed by atoms with E-state index in [9.17, 15) is 4.79 Å². The zero-order chi connectivity index (χ0) is 19.8. The van der Waals surface area contributed by atoms with E-state index in [-0.39, 0.29) is 12.1 Å². The molecule has 0 saturated heterocycles.